The molecule has 5 aliphatic rings. The SMILES string of the molecule is O=C(CC12C[C@H]3C[C@@H](CC(Br)(C3)C1)C2)NC[C@H]1CCCO1. The molecule has 4 bridgehead atoms. The Morgan fingerprint density at radius 2 is 2.00 bits per heavy atom. The summed E-state index contributed by atoms with van der Waals surface area (Å²) >= 11 is 4.02. The second-order valence-electron chi connectivity index (χ2n) is 8.23. The lowest BCUT2D eigenvalue weighted by atomic mass is 9.48. The quantitative estimate of drug-likeness (QED) is 0.784. The van der Waals surface area contributed by atoms with Gasteiger partial charge in [0.15, 0.2) is 0 Å². The number of hydrogen-bond donors (Lipinski definition) is 1. The maximum Gasteiger partial charge on any atom is 0.220 e. The maximum absolute atomic E-state index is 12.4. The van der Waals surface area contributed by atoms with E-state index in [1.807, 2.05) is 0 Å². The van der Waals surface area contributed by atoms with Crippen LogP contribution in [0.3, 0.4) is 0 Å². The number of ether oxygens (including phenoxy) is 1. The number of carbonyl (C=O) groups is 1. The minimum Gasteiger partial charge on any atom is -0.376 e. The number of carbonyl (C=O) groups excluding carboxylic acids is 1. The van der Waals surface area contributed by atoms with Gasteiger partial charge in [-0.1, -0.05) is 15.9 Å². The Morgan fingerprint density at radius 3 is 2.62 bits per heavy atom. The highest BCUT2D eigenvalue weighted by Gasteiger charge is 2.57. The van der Waals surface area contributed by atoms with Crippen molar-refractivity contribution >= 4 is 21.8 Å². The molecule has 0 aromatic carbocycles. The van der Waals surface area contributed by atoms with E-state index in [2.05, 4.69) is 21.2 Å². The van der Waals surface area contributed by atoms with Crippen LogP contribution < -0.4 is 5.32 Å². The number of nitrogens with one attached hydrogen (secondary N) is 1. The molecule has 3 nitrogen and oxygen atoms in total. The molecule has 4 aliphatic carbocycles. The number of alkyl halides is 1. The third kappa shape index (κ3) is 2.90. The van der Waals surface area contributed by atoms with Crippen molar-refractivity contribution < 1.29 is 9.53 Å². The highest BCUT2D eigenvalue weighted by atomic mass is 79.9. The van der Waals surface area contributed by atoms with Crippen molar-refractivity contribution in [3.8, 4) is 0 Å². The average Bonchev–Trinajstić information content (AvgIpc) is 2.85. The van der Waals surface area contributed by atoms with Crippen molar-refractivity contribution in [1.29, 1.82) is 0 Å². The lowest BCUT2D eigenvalue weighted by Gasteiger charge is -2.60. The lowest BCUT2D eigenvalue weighted by Crippen LogP contribution is -2.54. The van der Waals surface area contributed by atoms with Gasteiger partial charge in [-0.25, -0.2) is 0 Å². The maximum atomic E-state index is 12.4. The summed E-state index contributed by atoms with van der Waals surface area (Å²) in [6.45, 7) is 1.57. The Hall–Kier alpha value is -0.0900. The number of halogens is 1. The lowest BCUT2D eigenvalue weighted by molar-refractivity contribution is -0.128. The minimum absolute atomic E-state index is 0.253. The molecule has 0 aromatic rings. The normalized spacial score (nSPS) is 47.8. The van der Waals surface area contributed by atoms with E-state index < -0.39 is 0 Å². The smallest absolute Gasteiger partial charge is 0.220 e. The molecule has 1 aliphatic heterocycles. The third-order valence-corrected chi connectivity index (χ3v) is 7.13. The van der Waals surface area contributed by atoms with Crippen molar-refractivity contribution in [2.75, 3.05) is 13.2 Å². The molecule has 5 fully saturated rings. The van der Waals surface area contributed by atoms with E-state index in [0.717, 1.165) is 37.7 Å². The molecule has 3 atom stereocenters. The first-order valence-electron chi connectivity index (χ1n) is 8.62. The Bertz CT molecular complexity index is 419. The summed E-state index contributed by atoms with van der Waals surface area (Å²) < 4.78 is 5.94. The second kappa shape index (κ2) is 5.23. The molecule has 5 rings (SSSR count). The van der Waals surface area contributed by atoms with Crippen LogP contribution in [0.2, 0.25) is 0 Å². The zero-order valence-corrected chi connectivity index (χ0v) is 14.3. The van der Waals surface area contributed by atoms with E-state index >= 15 is 0 Å². The van der Waals surface area contributed by atoms with Crippen LogP contribution in [-0.4, -0.2) is 29.5 Å². The molecule has 4 saturated carbocycles. The van der Waals surface area contributed by atoms with Crippen molar-refractivity contribution in [3.63, 3.8) is 0 Å². The standard InChI is InChI=1S/C17H26BrNO2/c18-17-7-12-4-13(8-17)6-16(5-12,11-17)9-15(20)19-10-14-2-1-3-21-14/h12-14H,1-11H2,(H,19,20)/t12-,13-,14-,16?,17?/m1/s1. The summed E-state index contributed by atoms with van der Waals surface area (Å²) in [7, 11) is 0. The Labute approximate surface area is 135 Å². The van der Waals surface area contributed by atoms with Crippen molar-refractivity contribution in [1.82, 2.24) is 5.32 Å². The molecule has 0 aromatic heterocycles. The topological polar surface area (TPSA) is 38.3 Å². The second-order valence-corrected chi connectivity index (χ2v) is 9.91. The molecule has 0 spiro atoms. The Balaban J connectivity index is 1.36. The van der Waals surface area contributed by atoms with Gasteiger partial charge in [0.1, 0.15) is 0 Å². The van der Waals surface area contributed by atoms with Crippen LogP contribution >= 0.6 is 15.9 Å². The highest BCUT2D eigenvalue weighted by molar-refractivity contribution is 9.10. The largest absolute Gasteiger partial charge is 0.376 e. The van der Waals surface area contributed by atoms with E-state index in [0.29, 0.717) is 10.9 Å². The first kappa shape index (κ1) is 14.5. The van der Waals surface area contributed by atoms with E-state index in [1.54, 1.807) is 0 Å². The molecule has 0 unspecified atom stereocenters. The summed E-state index contributed by atoms with van der Waals surface area (Å²) in [5.41, 5.74) is 0.286. The van der Waals surface area contributed by atoms with Gasteiger partial charge in [0, 0.05) is 23.9 Å². The van der Waals surface area contributed by atoms with E-state index in [1.165, 1.54) is 38.5 Å². The fourth-order valence-corrected chi connectivity index (χ4v) is 7.49. The van der Waals surface area contributed by atoms with E-state index in [4.69, 9.17) is 4.74 Å². The first-order valence-corrected chi connectivity index (χ1v) is 9.41. The summed E-state index contributed by atoms with van der Waals surface area (Å²) in [6, 6.07) is 0. The van der Waals surface area contributed by atoms with Gasteiger partial charge in [-0.15, -0.1) is 0 Å². The van der Waals surface area contributed by atoms with Gasteiger partial charge >= 0.3 is 0 Å². The van der Waals surface area contributed by atoms with Crippen LogP contribution in [0.25, 0.3) is 0 Å². The third-order valence-electron chi connectivity index (χ3n) is 6.20. The predicted molar refractivity (Wildman–Crippen MR) is 85.4 cm³/mol. The van der Waals surface area contributed by atoms with Crippen LogP contribution in [0.15, 0.2) is 0 Å². The summed E-state index contributed by atoms with van der Waals surface area (Å²) in [5.74, 6) is 1.97. The average molecular weight is 356 g/mol. The van der Waals surface area contributed by atoms with Crippen LogP contribution in [0.5, 0.6) is 0 Å². The molecule has 1 N–H and O–H groups in total. The van der Waals surface area contributed by atoms with Gasteiger partial charge in [0.2, 0.25) is 5.91 Å². The molecule has 21 heavy (non-hydrogen) atoms. The molecule has 1 amide bonds. The van der Waals surface area contributed by atoms with Crippen molar-refractivity contribution in [2.24, 2.45) is 17.3 Å². The van der Waals surface area contributed by atoms with Gasteiger partial charge in [0.25, 0.3) is 0 Å². The Kier molecular flexibility index (Phi) is 3.61. The van der Waals surface area contributed by atoms with Gasteiger partial charge in [0.05, 0.1) is 6.10 Å². The summed E-state index contributed by atoms with van der Waals surface area (Å²) in [4.78, 5) is 12.4. The number of rotatable bonds is 4. The molecule has 1 saturated heterocycles. The van der Waals surface area contributed by atoms with Crippen LogP contribution in [0.4, 0.5) is 0 Å². The minimum atomic E-state index is 0.253. The zero-order valence-electron chi connectivity index (χ0n) is 12.7. The summed E-state index contributed by atoms with van der Waals surface area (Å²) in [6.07, 6.45) is 11.1. The van der Waals surface area contributed by atoms with Gasteiger partial charge < -0.3 is 10.1 Å². The molecule has 118 valence electrons. The Morgan fingerprint density at radius 1 is 1.24 bits per heavy atom. The monoisotopic (exact) mass is 355 g/mol. The molecule has 1 heterocycles. The van der Waals surface area contributed by atoms with E-state index in [9.17, 15) is 4.79 Å². The van der Waals surface area contributed by atoms with E-state index in [-0.39, 0.29) is 17.4 Å². The van der Waals surface area contributed by atoms with Crippen molar-refractivity contribution in [3.05, 3.63) is 0 Å². The van der Waals surface area contributed by atoms with Crippen LogP contribution in [0, 0.1) is 17.3 Å². The number of hydrogen-bond acceptors (Lipinski definition) is 2. The first-order chi connectivity index (χ1) is 10.0. The molecular weight excluding hydrogens is 330 g/mol. The van der Waals surface area contributed by atoms with Gasteiger partial charge in [-0.3, -0.25) is 4.79 Å². The summed E-state index contributed by atoms with van der Waals surface area (Å²) in [5, 5.41) is 3.13. The molecular formula is C17H26BrNO2. The number of amides is 1. The fourth-order valence-electron chi connectivity index (χ4n) is 5.98. The molecule has 0 radical (unpaired) electrons. The van der Waals surface area contributed by atoms with Crippen LogP contribution in [-0.2, 0) is 9.53 Å². The van der Waals surface area contributed by atoms with Crippen LogP contribution in [0.1, 0.15) is 57.8 Å². The zero-order chi connectivity index (χ0) is 14.5. The van der Waals surface area contributed by atoms with Crippen molar-refractivity contribution in [2.45, 2.75) is 68.2 Å². The predicted octanol–water partition coefficient (Wildman–Crippen LogP) is 3.41. The highest BCUT2D eigenvalue weighted by Crippen LogP contribution is 2.65. The fraction of sp³-hybridized carbons (Fsp3) is 0.941. The van der Waals surface area contributed by atoms with Gasteiger partial charge in [-0.05, 0) is 68.6 Å². The van der Waals surface area contributed by atoms with Gasteiger partial charge in [-0.2, -0.15) is 0 Å². The molecule has 4 heteroatoms.